The Morgan fingerprint density at radius 2 is 2.20 bits per heavy atom. The fourth-order valence-electron chi connectivity index (χ4n) is 2.04. The summed E-state index contributed by atoms with van der Waals surface area (Å²) in [5.41, 5.74) is 12.3. The van der Waals surface area contributed by atoms with Gasteiger partial charge in [-0.15, -0.1) is 0 Å². The average molecular weight is 294 g/mol. The Morgan fingerprint density at radius 3 is 2.75 bits per heavy atom. The summed E-state index contributed by atoms with van der Waals surface area (Å²) in [5.74, 6) is 0.275. The van der Waals surface area contributed by atoms with Crippen molar-refractivity contribution in [2.45, 2.75) is 6.54 Å². The van der Waals surface area contributed by atoms with Gasteiger partial charge < -0.3 is 20.9 Å². The lowest BCUT2D eigenvalue weighted by Crippen LogP contribution is -2.24. The second-order valence-corrected chi connectivity index (χ2v) is 4.98. The maximum atomic E-state index is 11.6. The van der Waals surface area contributed by atoms with Crippen LogP contribution in [0, 0.1) is 0 Å². The highest BCUT2D eigenvalue weighted by molar-refractivity contribution is 6.34. The molecule has 1 heterocycles. The van der Waals surface area contributed by atoms with E-state index in [-0.39, 0.29) is 0 Å². The van der Waals surface area contributed by atoms with Gasteiger partial charge in [0.1, 0.15) is 5.82 Å². The van der Waals surface area contributed by atoms with Crippen LogP contribution in [0.3, 0.4) is 0 Å². The summed E-state index contributed by atoms with van der Waals surface area (Å²) >= 11 is 6.20. The zero-order valence-corrected chi connectivity index (χ0v) is 12.1. The Morgan fingerprint density at radius 1 is 1.50 bits per heavy atom. The van der Waals surface area contributed by atoms with Crippen molar-refractivity contribution >= 4 is 28.9 Å². The Hall–Kier alpha value is -2.21. The van der Waals surface area contributed by atoms with Gasteiger partial charge in [-0.25, -0.2) is 4.98 Å². The van der Waals surface area contributed by atoms with Crippen molar-refractivity contribution in [2.24, 2.45) is 12.8 Å². The molecular weight excluding hydrogens is 278 g/mol. The van der Waals surface area contributed by atoms with Crippen LogP contribution in [0.5, 0.6) is 0 Å². The Bertz CT molecular complexity index is 652. The maximum absolute atomic E-state index is 11.6. The van der Waals surface area contributed by atoms with E-state index in [1.807, 2.05) is 29.8 Å². The lowest BCUT2D eigenvalue weighted by Gasteiger charge is -2.23. The third kappa shape index (κ3) is 2.70. The highest BCUT2D eigenvalue weighted by atomic mass is 35.5. The minimum atomic E-state index is -0.569. The third-order valence-corrected chi connectivity index (χ3v) is 3.32. The van der Waals surface area contributed by atoms with Gasteiger partial charge in [0.25, 0.3) is 5.91 Å². The van der Waals surface area contributed by atoms with Crippen molar-refractivity contribution in [1.82, 2.24) is 9.55 Å². The van der Waals surface area contributed by atoms with Crippen LogP contribution >= 0.6 is 11.6 Å². The molecular formula is C13H16ClN5O. The van der Waals surface area contributed by atoms with Crippen molar-refractivity contribution in [3.05, 3.63) is 40.9 Å². The molecule has 6 nitrogen and oxygen atoms in total. The molecule has 1 aromatic carbocycles. The van der Waals surface area contributed by atoms with E-state index >= 15 is 0 Å². The Balaban J connectivity index is 2.41. The van der Waals surface area contributed by atoms with Crippen LogP contribution in [0.4, 0.5) is 11.4 Å². The van der Waals surface area contributed by atoms with E-state index in [9.17, 15) is 4.79 Å². The van der Waals surface area contributed by atoms with Gasteiger partial charge in [0.2, 0.25) is 0 Å². The molecule has 0 aliphatic heterocycles. The van der Waals surface area contributed by atoms with Crippen LogP contribution < -0.4 is 16.4 Å². The number of nitrogens with zero attached hydrogens (tertiary/aromatic N) is 3. The molecule has 0 bridgehead atoms. The van der Waals surface area contributed by atoms with E-state index in [4.69, 9.17) is 23.1 Å². The van der Waals surface area contributed by atoms with E-state index in [0.29, 0.717) is 28.5 Å². The molecule has 0 aliphatic rings. The van der Waals surface area contributed by atoms with Gasteiger partial charge in [0.15, 0.2) is 0 Å². The first-order valence-electron chi connectivity index (χ1n) is 5.96. The first-order valence-corrected chi connectivity index (χ1v) is 6.34. The number of hydrogen-bond acceptors (Lipinski definition) is 4. The minimum Gasteiger partial charge on any atom is -0.399 e. The van der Waals surface area contributed by atoms with E-state index in [0.717, 1.165) is 5.82 Å². The summed E-state index contributed by atoms with van der Waals surface area (Å²) < 4.78 is 1.89. The lowest BCUT2D eigenvalue weighted by molar-refractivity contribution is 0.100. The number of carbonyl (C=O) groups excluding carboxylic acids is 1. The average Bonchev–Trinajstić information content (AvgIpc) is 2.73. The minimum absolute atomic E-state index is 0.298. The molecule has 0 saturated heterocycles. The number of anilines is 2. The predicted octanol–water partition coefficient (Wildman–Crippen LogP) is 1.39. The first-order chi connectivity index (χ1) is 9.40. The molecule has 7 heteroatoms. The van der Waals surface area contributed by atoms with Crippen LogP contribution in [0.25, 0.3) is 0 Å². The molecule has 0 fully saturated rings. The number of imidazole rings is 1. The highest BCUT2D eigenvalue weighted by Crippen LogP contribution is 2.32. The molecule has 0 aliphatic carbocycles. The second-order valence-electron chi connectivity index (χ2n) is 4.57. The third-order valence-electron chi connectivity index (χ3n) is 3.03. The summed E-state index contributed by atoms with van der Waals surface area (Å²) in [4.78, 5) is 17.6. The summed E-state index contributed by atoms with van der Waals surface area (Å²) in [6, 6.07) is 3.12. The topological polar surface area (TPSA) is 90.2 Å². The fourth-order valence-corrected chi connectivity index (χ4v) is 2.41. The van der Waals surface area contributed by atoms with Crippen LogP contribution in [-0.4, -0.2) is 22.5 Å². The molecule has 0 radical (unpaired) electrons. The fraction of sp³-hybridized carbons (Fsp3) is 0.231. The first kappa shape index (κ1) is 14.2. The van der Waals surface area contributed by atoms with E-state index in [2.05, 4.69) is 4.98 Å². The highest BCUT2D eigenvalue weighted by Gasteiger charge is 2.18. The Labute approximate surface area is 121 Å². The quantitative estimate of drug-likeness (QED) is 0.834. The number of carbonyl (C=O) groups is 1. The molecule has 2 rings (SSSR count). The zero-order chi connectivity index (χ0) is 14.9. The summed E-state index contributed by atoms with van der Waals surface area (Å²) in [6.07, 6.45) is 3.56. The normalized spacial score (nSPS) is 10.6. The van der Waals surface area contributed by atoms with Crippen LogP contribution in [0.1, 0.15) is 16.2 Å². The second kappa shape index (κ2) is 5.42. The SMILES string of the molecule is CN(Cc1nccn1C)c1c(Cl)cc(N)cc1C(N)=O. The van der Waals surface area contributed by atoms with Crippen molar-refractivity contribution < 1.29 is 4.79 Å². The molecule has 4 N–H and O–H groups in total. The Kier molecular flexibility index (Phi) is 3.85. The molecule has 2 aromatic rings. The number of aryl methyl sites for hydroxylation is 1. The lowest BCUT2D eigenvalue weighted by atomic mass is 10.1. The number of benzene rings is 1. The molecule has 1 aromatic heterocycles. The monoisotopic (exact) mass is 293 g/mol. The molecule has 0 unspecified atom stereocenters. The maximum Gasteiger partial charge on any atom is 0.250 e. The largest absolute Gasteiger partial charge is 0.399 e. The van der Waals surface area contributed by atoms with Gasteiger partial charge in [0, 0.05) is 32.2 Å². The van der Waals surface area contributed by atoms with Crippen LogP contribution in [-0.2, 0) is 13.6 Å². The van der Waals surface area contributed by atoms with E-state index < -0.39 is 5.91 Å². The van der Waals surface area contributed by atoms with Gasteiger partial charge in [-0.1, -0.05) is 11.6 Å². The van der Waals surface area contributed by atoms with E-state index in [1.165, 1.54) is 6.07 Å². The molecule has 106 valence electrons. The molecule has 0 atom stereocenters. The van der Waals surface area contributed by atoms with Crippen molar-refractivity contribution in [3.8, 4) is 0 Å². The van der Waals surface area contributed by atoms with Gasteiger partial charge in [-0.3, -0.25) is 4.79 Å². The summed E-state index contributed by atoms with van der Waals surface area (Å²) in [7, 11) is 3.72. The zero-order valence-electron chi connectivity index (χ0n) is 11.3. The number of primary amides is 1. The van der Waals surface area contributed by atoms with Gasteiger partial charge in [-0.2, -0.15) is 0 Å². The number of amides is 1. The molecule has 0 saturated carbocycles. The number of nitrogen functional groups attached to an aromatic ring is 1. The standard InChI is InChI=1S/C13H16ClN5O/c1-18-4-3-17-11(18)7-19(2)12-9(13(16)20)5-8(15)6-10(12)14/h3-6H,7,15H2,1-2H3,(H2,16,20). The number of hydrogen-bond donors (Lipinski definition) is 2. The number of rotatable bonds is 4. The van der Waals surface area contributed by atoms with E-state index in [1.54, 1.807) is 12.3 Å². The van der Waals surface area contributed by atoms with Crippen molar-refractivity contribution in [2.75, 3.05) is 17.7 Å². The summed E-state index contributed by atoms with van der Waals surface area (Å²) in [5, 5.41) is 0.385. The van der Waals surface area contributed by atoms with Gasteiger partial charge in [0.05, 0.1) is 22.8 Å². The summed E-state index contributed by atoms with van der Waals surface area (Å²) in [6.45, 7) is 0.493. The number of nitrogens with two attached hydrogens (primary N) is 2. The van der Waals surface area contributed by atoms with Crippen LogP contribution in [0.15, 0.2) is 24.5 Å². The molecule has 1 amide bonds. The molecule has 0 spiro atoms. The van der Waals surface area contributed by atoms with Crippen LogP contribution in [0.2, 0.25) is 5.02 Å². The predicted molar refractivity (Wildman–Crippen MR) is 79.7 cm³/mol. The van der Waals surface area contributed by atoms with Crippen molar-refractivity contribution in [1.29, 1.82) is 0 Å². The van der Waals surface area contributed by atoms with Gasteiger partial charge >= 0.3 is 0 Å². The van der Waals surface area contributed by atoms with Crippen molar-refractivity contribution in [3.63, 3.8) is 0 Å². The molecule has 20 heavy (non-hydrogen) atoms. The van der Waals surface area contributed by atoms with Gasteiger partial charge in [-0.05, 0) is 12.1 Å². The number of aromatic nitrogens is 2. The number of halogens is 1. The smallest absolute Gasteiger partial charge is 0.250 e.